The number of aromatic amines is 1. The van der Waals surface area contributed by atoms with E-state index in [9.17, 15) is 4.79 Å². The minimum absolute atomic E-state index is 0.426. The Kier molecular flexibility index (Phi) is 3.06. The average Bonchev–Trinajstić information content (AvgIpc) is 2.75. The third-order valence-electron chi connectivity index (χ3n) is 2.22. The van der Waals surface area contributed by atoms with Gasteiger partial charge >= 0.3 is 5.69 Å². The summed E-state index contributed by atoms with van der Waals surface area (Å²) in [6.45, 7) is 0. The molecule has 1 heterocycles. The van der Waals surface area contributed by atoms with Crippen LogP contribution in [0, 0.1) is 0 Å². The lowest BCUT2D eigenvalue weighted by Gasteiger charge is -2.11. The molecular weight excluding hydrogens is 246 g/mol. The SMILES string of the molecule is COc1cc(-n2cnc(=O)[nH]2)c(OC)cc1Cl. The Morgan fingerprint density at radius 3 is 2.53 bits per heavy atom. The molecule has 0 amide bonds. The Morgan fingerprint density at radius 1 is 1.29 bits per heavy atom. The van der Waals surface area contributed by atoms with Crippen LogP contribution in [-0.2, 0) is 0 Å². The molecule has 6 nitrogen and oxygen atoms in total. The average molecular weight is 256 g/mol. The lowest BCUT2D eigenvalue weighted by molar-refractivity contribution is 0.400. The molecule has 0 aliphatic rings. The molecule has 90 valence electrons. The fraction of sp³-hybridized carbons (Fsp3) is 0.200. The van der Waals surface area contributed by atoms with Crippen molar-refractivity contribution in [2.24, 2.45) is 0 Å². The third-order valence-corrected chi connectivity index (χ3v) is 2.51. The summed E-state index contributed by atoms with van der Waals surface area (Å²) in [5.74, 6) is 0.987. The van der Waals surface area contributed by atoms with E-state index < -0.39 is 5.69 Å². The Labute approximate surface area is 102 Å². The van der Waals surface area contributed by atoms with Gasteiger partial charge in [0, 0.05) is 12.1 Å². The molecular formula is C10H10ClN3O3. The minimum atomic E-state index is -0.444. The van der Waals surface area contributed by atoms with E-state index in [1.807, 2.05) is 0 Å². The van der Waals surface area contributed by atoms with Gasteiger partial charge in [0.2, 0.25) is 0 Å². The molecule has 0 unspecified atom stereocenters. The van der Waals surface area contributed by atoms with Crippen molar-refractivity contribution in [3.8, 4) is 17.2 Å². The summed E-state index contributed by atoms with van der Waals surface area (Å²) in [6, 6.07) is 3.26. The van der Waals surface area contributed by atoms with Crippen LogP contribution in [0.4, 0.5) is 0 Å². The number of hydrogen-bond donors (Lipinski definition) is 1. The van der Waals surface area contributed by atoms with Crippen LogP contribution in [0.2, 0.25) is 5.02 Å². The van der Waals surface area contributed by atoms with Crippen molar-refractivity contribution in [2.45, 2.75) is 0 Å². The first-order valence-corrected chi connectivity index (χ1v) is 5.09. The smallest absolute Gasteiger partial charge is 0.361 e. The zero-order valence-corrected chi connectivity index (χ0v) is 9.99. The van der Waals surface area contributed by atoms with E-state index in [2.05, 4.69) is 10.1 Å². The summed E-state index contributed by atoms with van der Waals surface area (Å²) in [7, 11) is 3.02. The van der Waals surface area contributed by atoms with Crippen LogP contribution in [0.1, 0.15) is 0 Å². The number of rotatable bonds is 3. The Balaban J connectivity index is 2.62. The van der Waals surface area contributed by atoms with Crippen LogP contribution in [-0.4, -0.2) is 29.0 Å². The highest BCUT2D eigenvalue weighted by Gasteiger charge is 2.11. The molecule has 2 rings (SSSR count). The van der Waals surface area contributed by atoms with E-state index in [0.717, 1.165) is 0 Å². The highest BCUT2D eigenvalue weighted by atomic mass is 35.5. The van der Waals surface area contributed by atoms with Crippen molar-refractivity contribution in [3.63, 3.8) is 0 Å². The van der Waals surface area contributed by atoms with Gasteiger partial charge in [-0.15, -0.1) is 0 Å². The topological polar surface area (TPSA) is 69.1 Å². The van der Waals surface area contributed by atoms with Crippen molar-refractivity contribution in [2.75, 3.05) is 14.2 Å². The number of aromatic nitrogens is 3. The molecule has 0 aliphatic carbocycles. The summed E-state index contributed by atoms with van der Waals surface area (Å²) in [6.07, 6.45) is 1.35. The number of nitrogens with zero attached hydrogens (tertiary/aromatic N) is 2. The van der Waals surface area contributed by atoms with Gasteiger partial charge in [-0.1, -0.05) is 11.6 Å². The number of methoxy groups -OCH3 is 2. The molecule has 1 N–H and O–H groups in total. The van der Waals surface area contributed by atoms with Crippen LogP contribution in [0.3, 0.4) is 0 Å². The molecule has 0 bridgehead atoms. The summed E-state index contributed by atoms with van der Waals surface area (Å²) < 4.78 is 11.7. The van der Waals surface area contributed by atoms with Crippen molar-refractivity contribution in [1.82, 2.24) is 14.8 Å². The van der Waals surface area contributed by atoms with Gasteiger partial charge in [0.25, 0.3) is 0 Å². The molecule has 2 aromatic rings. The van der Waals surface area contributed by atoms with Gasteiger partial charge in [0.1, 0.15) is 23.5 Å². The summed E-state index contributed by atoms with van der Waals surface area (Å²) >= 11 is 5.97. The van der Waals surface area contributed by atoms with E-state index in [-0.39, 0.29) is 0 Å². The highest BCUT2D eigenvalue weighted by Crippen LogP contribution is 2.33. The fourth-order valence-corrected chi connectivity index (χ4v) is 1.66. The Bertz CT molecular complexity index is 591. The van der Waals surface area contributed by atoms with Crippen LogP contribution >= 0.6 is 11.6 Å². The number of halogens is 1. The van der Waals surface area contributed by atoms with Crippen LogP contribution < -0.4 is 15.2 Å². The fourth-order valence-electron chi connectivity index (χ4n) is 1.43. The largest absolute Gasteiger partial charge is 0.495 e. The third kappa shape index (κ3) is 2.12. The number of ether oxygens (including phenoxy) is 2. The van der Waals surface area contributed by atoms with Gasteiger partial charge in [0.05, 0.1) is 19.2 Å². The normalized spacial score (nSPS) is 10.3. The minimum Gasteiger partial charge on any atom is -0.495 e. The number of H-pyrrole nitrogens is 1. The van der Waals surface area contributed by atoms with Crippen LogP contribution in [0.25, 0.3) is 5.69 Å². The summed E-state index contributed by atoms with van der Waals surface area (Å²) in [4.78, 5) is 14.6. The van der Waals surface area contributed by atoms with Gasteiger partial charge in [-0.05, 0) is 0 Å². The maximum atomic E-state index is 11.0. The lowest BCUT2D eigenvalue weighted by Crippen LogP contribution is -2.06. The van der Waals surface area contributed by atoms with Crippen LogP contribution in [0.5, 0.6) is 11.5 Å². The zero-order valence-electron chi connectivity index (χ0n) is 9.23. The number of hydrogen-bond acceptors (Lipinski definition) is 4. The first-order chi connectivity index (χ1) is 8.15. The molecule has 0 spiro atoms. The van der Waals surface area contributed by atoms with Crippen LogP contribution in [0.15, 0.2) is 23.3 Å². The molecule has 1 aromatic carbocycles. The predicted octanol–water partition coefficient (Wildman–Crippen LogP) is 1.23. The molecule has 17 heavy (non-hydrogen) atoms. The first kappa shape index (κ1) is 11.5. The maximum Gasteiger partial charge on any atom is 0.361 e. The Morgan fingerprint density at radius 2 is 2.00 bits per heavy atom. The van der Waals surface area contributed by atoms with Gasteiger partial charge in [0.15, 0.2) is 0 Å². The standard InChI is InChI=1S/C10H10ClN3O3/c1-16-8-4-7(9(17-2)3-6(8)11)14-5-12-10(15)13-14/h3-5H,1-2H3,(H,13,15). The Hall–Kier alpha value is -1.95. The number of benzene rings is 1. The van der Waals surface area contributed by atoms with Crippen molar-refractivity contribution >= 4 is 11.6 Å². The van der Waals surface area contributed by atoms with E-state index in [0.29, 0.717) is 22.2 Å². The van der Waals surface area contributed by atoms with Crippen molar-refractivity contribution < 1.29 is 9.47 Å². The summed E-state index contributed by atoms with van der Waals surface area (Å²) in [5.41, 5.74) is 0.143. The van der Waals surface area contributed by atoms with Gasteiger partial charge in [-0.2, -0.15) is 4.98 Å². The van der Waals surface area contributed by atoms with Gasteiger partial charge in [-0.3, -0.25) is 0 Å². The predicted molar refractivity (Wildman–Crippen MR) is 62.3 cm³/mol. The molecule has 0 atom stereocenters. The monoisotopic (exact) mass is 255 g/mol. The molecule has 1 aromatic heterocycles. The first-order valence-electron chi connectivity index (χ1n) is 4.71. The molecule has 0 fully saturated rings. The van der Waals surface area contributed by atoms with Crippen molar-refractivity contribution in [1.29, 1.82) is 0 Å². The lowest BCUT2D eigenvalue weighted by atomic mass is 10.2. The van der Waals surface area contributed by atoms with Gasteiger partial charge < -0.3 is 9.47 Å². The highest BCUT2D eigenvalue weighted by molar-refractivity contribution is 6.32. The van der Waals surface area contributed by atoms with Gasteiger partial charge in [-0.25, -0.2) is 14.6 Å². The second-order valence-electron chi connectivity index (χ2n) is 3.19. The second-order valence-corrected chi connectivity index (χ2v) is 3.60. The molecule has 7 heteroatoms. The van der Waals surface area contributed by atoms with E-state index in [1.54, 1.807) is 12.1 Å². The number of nitrogens with one attached hydrogen (secondary N) is 1. The molecule has 0 radical (unpaired) electrons. The molecule has 0 saturated carbocycles. The quantitative estimate of drug-likeness (QED) is 0.896. The van der Waals surface area contributed by atoms with E-state index in [1.165, 1.54) is 25.2 Å². The molecule has 0 saturated heterocycles. The van der Waals surface area contributed by atoms with E-state index in [4.69, 9.17) is 21.1 Å². The van der Waals surface area contributed by atoms with Crippen molar-refractivity contribution in [3.05, 3.63) is 34.0 Å². The summed E-state index contributed by atoms with van der Waals surface area (Å²) in [5, 5.41) is 2.94. The zero-order chi connectivity index (χ0) is 12.4. The van der Waals surface area contributed by atoms with E-state index >= 15 is 0 Å². The second kappa shape index (κ2) is 4.50. The maximum absolute atomic E-state index is 11.0. The molecule has 0 aliphatic heterocycles.